The van der Waals surface area contributed by atoms with Gasteiger partial charge >= 0.3 is 11.9 Å². The minimum Gasteiger partial charge on any atom is -0.508 e. The quantitative estimate of drug-likeness (QED) is 0.122. The summed E-state index contributed by atoms with van der Waals surface area (Å²) in [6, 6.07) is 0.203. The number of nitrogens with one attached hydrogen (secondary N) is 3. The zero-order valence-electron chi connectivity index (χ0n) is 21.2. The molecule has 4 atom stereocenters. The summed E-state index contributed by atoms with van der Waals surface area (Å²) < 4.78 is 0. The van der Waals surface area contributed by atoms with Gasteiger partial charge in [-0.05, 0) is 36.5 Å². The SMILES string of the molecule is CC(C)CC(N)C(=O)NC(CCC(=O)O)C(=O)NC(Cc1ccc(O)cc1)C(=O)NC(CC(N)=O)C(=O)O. The van der Waals surface area contributed by atoms with Crippen molar-refractivity contribution >= 4 is 35.6 Å². The summed E-state index contributed by atoms with van der Waals surface area (Å²) in [4.78, 5) is 72.5. The maximum Gasteiger partial charge on any atom is 0.326 e. The van der Waals surface area contributed by atoms with Crippen LogP contribution in [-0.4, -0.2) is 75.1 Å². The van der Waals surface area contributed by atoms with Gasteiger partial charge in [0.25, 0.3) is 0 Å². The van der Waals surface area contributed by atoms with E-state index in [-0.39, 0.29) is 24.5 Å². The van der Waals surface area contributed by atoms with Crippen molar-refractivity contribution in [3.8, 4) is 5.75 Å². The highest BCUT2D eigenvalue weighted by Gasteiger charge is 2.31. The number of rotatable bonds is 16. The Balaban J connectivity index is 3.19. The fraction of sp³-hybridized carbons (Fsp3) is 0.500. The number of phenolic OH excluding ortho intramolecular Hbond substituents is 1. The highest BCUT2D eigenvalue weighted by Crippen LogP contribution is 2.12. The number of phenols is 1. The largest absolute Gasteiger partial charge is 0.508 e. The van der Waals surface area contributed by atoms with Crippen molar-refractivity contribution in [2.24, 2.45) is 17.4 Å². The van der Waals surface area contributed by atoms with Gasteiger partial charge < -0.3 is 42.7 Å². The van der Waals surface area contributed by atoms with E-state index in [1.54, 1.807) is 0 Å². The first-order chi connectivity index (χ1) is 17.7. The molecule has 1 aromatic rings. The number of amides is 4. The van der Waals surface area contributed by atoms with Crippen molar-refractivity contribution in [2.75, 3.05) is 0 Å². The van der Waals surface area contributed by atoms with Gasteiger partial charge in [-0.15, -0.1) is 0 Å². The number of aliphatic carboxylic acids is 2. The maximum atomic E-state index is 13.1. The molecule has 14 nitrogen and oxygen atoms in total. The van der Waals surface area contributed by atoms with E-state index in [1.165, 1.54) is 24.3 Å². The molecule has 14 heteroatoms. The average Bonchev–Trinajstić information content (AvgIpc) is 2.80. The predicted molar refractivity (Wildman–Crippen MR) is 133 cm³/mol. The second-order valence-electron chi connectivity index (χ2n) is 9.23. The zero-order chi connectivity index (χ0) is 29.0. The number of benzene rings is 1. The third-order valence-corrected chi connectivity index (χ3v) is 5.37. The van der Waals surface area contributed by atoms with Crippen molar-refractivity contribution in [1.29, 1.82) is 0 Å². The van der Waals surface area contributed by atoms with E-state index < -0.39 is 72.6 Å². The molecule has 1 rings (SSSR count). The Bertz CT molecular complexity index is 1010. The van der Waals surface area contributed by atoms with Crippen molar-refractivity contribution < 1.29 is 44.1 Å². The molecule has 0 aliphatic heterocycles. The topological polar surface area (TPSA) is 251 Å². The molecule has 0 aliphatic carbocycles. The molecule has 38 heavy (non-hydrogen) atoms. The van der Waals surface area contributed by atoms with Crippen LogP contribution in [0.1, 0.15) is 45.1 Å². The molecule has 0 aliphatic rings. The summed E-state index contributed by atoms with van der Waals surface area (Å²) in [6.45, 7) is 3.69. The Hall–Kier alpha value is -4.20. The number of carbonyl (C=O) groups excluding carboxylic acids is 4. The predicted octanol–water partition coefficient (Wildman–Crippen LogP) is -1.41. The van der Waals surface area contributed by atoms with Gasteiger partial charge in [0.05, 0.1) is 12.5 Å². The molecule has 0 bridgehead atoms. The summed E-state index contributed by atoms with van der Waals surface area (Å²) in [5, 5.41) is 34.9. The highest BCUT2D eigenvalue weighted by atomic mass is 16.4. The minimum absolute atomic E-state index is 0.0552. The van der Waals surface area contributed by atoms with E-state index in [0.717, 1.165) is 0 Å². The van der Waals surface area contributed by atoms with Crippen LogP contribution >= 0.6 is 0 Å². The van der Waals surface area contributed by atoms with E-state index in [1.807, 2.05) is 13.8 Å². The molecule has 0 radical (unpaired) electrons. The number of carbonyl (C=O) groups is 6. The van der Waals surface area contributed by atoms with Gasteiger partial charge in [-0.1, -0.05) is 26.0 Å². The van der Waals surface area contributed by atoms with Crippen molar-refractivity contribution in [3.63, 3.8) is 0 Å². The van der Waals surface area contributed by atoms with Crippen LogP contribution in [-0.2, 0) is 35.2 Å². The first kappa shape index (κ1) is 31.8. The van der Waals surface area contributed by atoms with Gasteiger partial charge in [0, 0.05) is 12.8 Å². The first-order valence-electron chi connectivity index (χ1n) is 11.9. The fourth-order valence-electron chi connectivity index (χ4n) is 3.45. The van der Waals surface area contributed by atoms with Crippen LogP contribution in [0.2, 0.25) is 0 Å². The Morgan fingerprint density at radius 1 is 0.842 bits per heavy atom. The number of hydrogen-bond donors (Lipinski definition) is 8. The monoisotopic (exact) mass is 537 g/mol. The summed E-state index contributed by atoms with van der Waals surface area (Å²) in [5.41, 5.74) is 11.4. The van der Waals surface area contributed by atoms with Gasteiger partial charge in [0.15, 0.2) is 0 Å². The molecule has 1 aromatic carbocycles. The molecular formula is C24H35N5O9. The molecule has 0 heterocycles. The molecule has 0 saturated heterocycles. The van der Waals surface area contributed by atoms with Crippen molar-refractivity contribution in [3.05, 3.63) is 29.8 Å². The van der Waals surface area contributed by atoms with E-state index in [9.17, 15) is 39.0 Å². The van der Waals surface area contributed by atoms with Crippen LogP contribution in [0.4, 0.5) is 0 Å². The first-order valence-corrected chi connectivity index (χ1v) is 11.9. The lowest BCUT2D eigenvalue weighted by Gasteiger charge is -2.25. The van der Waals surface area contributed by atoms with E-state index in [0.29, 0.717) is 12.0 Å². The smallest absolute Gasteiger partial charge is 0.326 e. The fourth-order valence-corrected chi connectivity index (χ4v) is 3.45. The minimum atomic E-state index is -1.67. The standard InChI is InChI=1S/C24H35N5O9/c1-12(2)9-15(25)21(34)27-16(7-8-20(32)33)22(35)28-17(10-13-3-5-14(30)6-4-13)23(36)29-18(24(37)38)11-19(26)31/h3-6,12,15-18,30H,7-11,25H2,1-2H3,(H2,26,31)(H,27,34)(H,28,35)(H,29,36)(H,32,33)(H,37,38). The Morgan fingerprint density at radius 3 is 1.87 bits per heavy atom. The van der Waals surface area contributed by atoms with Gasteiger partial charge in [-0.3, -0.25) is 24.0 Å². The zero-order valence-corrected chi connectivity index (χ0v) is 21.2. The number of aromatic hydroxyl groups is 1. The van der Waals surface area contributed by atoms with Crippen LogP contribution < -0.4 is 27.4 Å². The lowest BCUT2D eigenvalue weighted by Crippen LogP contribution is -2.58. The Labute approximate surface area is 219 Å². The molecule has 4 amide bonds. The van der Waals surface area contributed by atoms with E-state index in [2.05, 4.69) is 16.0 Å². The van der Waals surface area contributed by atoms with Crippen LogP contribution in [0.25, 0.3) is 0 Å². The Kier molecular flexibility index (Phi) is 12.7. The Morgan fingerprint density at radius 2 is 1.37 bits per heavy atom. The summed E-state index contributed by atoms with van der Waals surface area (Å²) >= 11 is 0. The summed E-state index contributed by atoms with van der Waals surface area (Å²) in [5.74, 6) is -6.28. The third-order valence-electron chi connectivity index (χ3n) is 5.37. The van der Waals surface area contributed by atoms with Crippen LogP contribution in [0.15, 0.2) is 24.3 Å². The highest BCUT2D eigenvalue weighted by molar-refractivity contribution is 5.95. The van der Waals surface area contributed by atoms with Crippen LogP contribution in [0.3, 0.4) is 0 Å². The third kappa shape index (κ3) is 11.7. The average molecular weight is 538 g/mol. The van der Waals surface area contributed by atoms with Gasteiger partial charge in [0.2, 0.25) is 23.6 Å². The number of nitrogens with two attached hydrogens (primary N) is 2. The van der Waals surface area contributed by atoms with Crippen LogP contribution in [0, 0.1) is 5.92 Å². The van der Waals surface area contributed by atoms with E-state index >= 15 is 0 Å². The molecule has 10 N–H and O–H groups in total. The number of carboxylic acids is 2. The normalized spacial score (nSPS) is 14.0. The molecule has 0 saturated carbocycles. The summed E-state index contributed by atoms with van der Waals surface area (Å²) in [7, 11) is 0. The van der Waals surface area contributed by atoms with Gasteiger partial charge in [-0.25, -0.2) is 4.79 Å². The van der Waals surface area contributed by atoms with Crippen molar-refractivity contribution in [1.82, 2.24) is 16.0 Å². The second kappa shape index (κ2) is 15.1. The van der Waals surface area contributed by atoms with Crippen LogP contribution in [0.5, 0.6) is 5.75 Å². The lowest BCUT2D eigenvalue weighted by atomic mass is 10.0. The number of primary amides is 1. The second-order valence-corrected chi connectivity index (χ2v) is 9.23. The maximum absolute atomic E-state index is 13.1. The van der Waals surface area contributed by atoms with Gasteiger partial charge in [-0.2, -0.15) is 0 Å². The molecular weight excluding hydrogens is 502 g/mol. The van der Waals surface area contributed by atoms with Gasteiger partial charge in [0.1, 0.15) is 23.9 Å². The molecule has 0 aromatic heterocycles. The lowest BCUT2D eigenvalue weighted by molar-refractivity contribution is -0.143. The van der Waals surface area contributed by atoms with E-state index in [4.69, 9.17) is 16.6 Å². The molecule has 4 unspecified atom stereocenters. The molecule has 210 valence electrons. The molecule has 0 spiro atoms. The number of carboxylic acid groups (broad SMARTS) is 2. The molecule has 0 fully saturated rings. The number of hydrogen-bond acceptors (Lipinski definition) is 8. The van der Waals surface area contributed by atoms with Crippen molar-refractivity contribution in [2.45, 2.75) is 70.1 Å². The summed E-state index contributed by atoms with van der Waals surface area (Å²) in [6.07, 6.45) is -1.36.